The molecule has 0 rings (SSSR count). The molecule has 0 N–H and O–H groups in total. The highest BCUT2D eigenvalue weighted by molar-refractivity contribution is 9.09. The molecule has 0 aliphatic carbocycles. The van der Waals surface area contributed by atoms with Crippen LogP contribution in [0, 0.1) is 5.92 Å². The lowest BCUT2D eigenvalue weighted by Crippen LogP contribution is -1.88. The second kappa shape index (κ2) is 6.34. The maximum Gasteiger partial charge on any atom is 0.00313 e. The van der Waals surface area contributed by atoms with Crippen LogP contribution < -0.4 is 0 Å². The van der Waals surface area contributed by atoms with Crippen molar-refractivity contribution in [2.75, 3.05) is 5.33 Å². The van der Waals surface area contributed by atoms with E-state index < -0.39 is 0 Å². The van der Waals surface area contributed by atoms with Crippen LogP contribution in [0.15, 0.2) is 12.7 Å². The van der Waals surface area contributed by atoms with E-state index >= 15 is 0 Å². The fourth-order valence-electron chi connectivity index (χ4n) is 0.679. The van der Waals surface area contributed by atoms with Crippen LogP contribution in [0.5, 0.6) is 0 Å². The zero-order valence-electron chi connectivity index (χ0n) is 6.07. The Morgan fingerprint density at radius 3 is 2.67 bits per heavy atom. The second-order valence-electron chi connectivity index (χ2n) is 2.40. The molecule has 0 amide bonds. The van der Waals surface area contributed by atoms with E-state index in [0.29, 0.717) is 5.92 Å². The van der Waals surface area contributed by atoms with E-state index in [1.807, 2.05) is 6.08 Å². The van der Waals surface area contributed by atoms with Crippen LogP contribution in [0.2, 0.25) is 0 Å². The van der Waals surface area contributed by atoms with Crippen molar-refractivity contribution in [2.24, 2.45) is 5.92 Å². The average Bonchev–Trinajstić information content (AvgIpc) is 1.89. The fourth-order valence-corrected chi connectivity index (χ4v) is 1.08. The number of unbranched alkanes of at least 4 members (excludes halogenated alkanes) is 1. The zero-order chi connectivity index (χ0) is 7.11. The highest BCUT2D eigenvalue weighted by Gasteiger charge is 1.93. The zero-order valence-corrected chi connectivity index (χ0v) is 7.65. The summed E-state index contributed by atoms with van der Waals surface area (Å²) in [5.74, 6) is 0.698. The molecule has 0 radical (unpaired) electrons. The maximum absolute atomic E-state index is 3.73. The average molecular weight is 191 g/mol. The molecule has 54 valence electrons. The first kappa shape index (κ1) is 9.22. The first-order valence-corrected chi connectivity index (χ1v) is 4.62. The Labute approximate surface area is 66.5 Å². The van der Waals surface area contributed by atoms with Gasteiger partial charge in [-0.3, -0.25) is 0 Å². The number of halogens is 1. The third-order valence-corrected chi connectivity index (χ3v) is 2.01. The Balaban J connectivity index is 2.96. The van der Waals surface area contributed by atoms with Crippen LogP contribution in [0.25, 0.3) is 0 Å². The van der Waals surface area contributed by atoms with Crippen molar-refractivity contribution in [2.45, 2.75) is 26.2 Å². The molecule has 0 aromatic heterocycles. The van der Waals surface area contributed by atoms with Gasteiger partial charge in [0.15, 0.2) is 0 Å². The number of alkyl halides is 1. The summed E-state index contributed by atoms with van der Waals surface area (Å²) in [4.78, 5) is 0. The summed E-state index contributed by atoms with van der Waals surface area (Å²) in [5, 5.41) is 1.14. The summed E-state index contributed by atoms with van der Waals surface area (Å²) in [7, 11) is 0. The summed E-state index contributed by atoms with van der Waals surface area (Å²) in [5.41, 5.74) is 0. The number of rotatable bonds is 5. The molecule has 0 fully saturated rings. The monoisotopic (exact) mass is 190 g/mol. The van der Waals surface area contributed by atoms with E-state index in [1.165, 1.54) is 19.3 Å². The van der Waals surface area contributed by atoms with Crippen molar-refractivity contribution in [3.05, 3.63) is 12.7 Å². The topological polar surface area (TPSA) is 0 Å². The highest BCUT2D eigenvalue weighted by atomic mass is 79.9. The van der Waals surface area contributed by atoms with Gasteiger partial charge in [-0.1, -0.05) is 35.4 Å². The van der Waals surface area contributed by atoms with E-state index in [4.69, 9.17) is 0 Å². The Kier molecular flexibility index (Phi) is 6.50. The Hall–Kier alpha value is 0.220. The molecule has 0 unspecified atom stereocenters. The fraction of sp³-hybridized carbons (Fsp3) is 0.750. The van der Waals surface area contributed by atoms with E-state index in [2.05, 4.69) is 29.4 Å². The van der Waals surface area contributed by atoms with E-state index in [-0.39, 0.29) is 0 Å². The first-order valence-electron chi connectivity index (χ1n) is 3.49. The van der Waals surface area contributed by atoms with Crippen molar-refractivity contribution in [1.29, 1.82) is 0 Å². The first-order chi connectivity index (χ1) is 4.31. The van der Waals surface area contributed by atoms with Crippen LogP contribution in [-0.4, -0.2) is 5.33 Å². The largest absolute Gasteiger partial charge is 0.103 e. The summed E-state index contributed by atoms with van der Waals surface area (Å²) in [6, 6.07) is 0. The summed E-state index contributed by atoms with van der Waals surface area (Å²) in [6.07, 6.45) is 5.92. The molecule has 0 aromatic rings. The van der Waals surface area contributed by atoms with E-state index in [1.54, 1.807) is 0 Å². The molecule has 0 bridgehead atoms. The predicted octanol–water partition coefficient (Wildman–Crippen LogP) is 3.37. The molecule has 0 spiro atoms. The third-order valence-electron chi connectivity index (χ3n) is 1.45. The van der Waals surface area contributed by atoms with Crippen molar-refractivity contribution < 1.29 is 0 Å². The van der Waals surface area contributed by atoms with E-state index in [0.717, 1.165) is 5.33 Å². The van der Waals surface area contributed by atoms with Gasteiger partial charge in [0.1, 0.15) is 0 Å². The van der Waals surface area contributed by atoms with Gasteiger partial charge in [0.25, 0.3) is 0 Å². The highest BCUT2D eigenvalue weighted by Crippen LogP contribution is 2.08. The lowest BCUT2D eigenvalue weighted by molar-refractivity contribution is 0.602. The minimum atomic E-state index is 0.698. The van der Waals surface area contributed by atoms with Crippen molar-refractivity contribution in [1.82, 2.24) is 0 Å². The lowest BCUT2D eigenvalue weighted by atomic mass is 10.1. The SMILES string of the molecule is C=C[C@@H](C)CCCCBr. The van der Waals surface area contributed by atoms with E-state index in [9.17, 15) is 0 Å². The van der Waals surface area contributed by atoms with Gasteiger partial charge in [-0.05, 0) is 18.8 Å². The number of hydrogen-bond donors (Lipinski definition) is 0. The minimum absolute atomic E-state index is 0.698. The van der Waals surface area contributed by atoms with Crippen LogP contribution in [-0.2, 0) is 0 Å². The smallest absolute Gasteiger partial charge is 0.00313 e. The predicted molar refractivity (Wildman–Crippen MR) is 47.0 cm³/mol. The van der Waals surface area contributed by atoms with Gasteiger partial charge in [0.05, 0.1) is 0 Å². The molecule has 0 heterocycles. The van der Waals surface area contributed by atoms with Crippen LogP contribution >= 0.6 is 15.9 Å². The summed E-state index contributed by atoms with van der Waals surface area (Å²) in [6.45, 7) is 5.94. The third kappa shape index (κ3) is 6.10. The van der Waals surface area contributed by atoms with Gasteiger partial charge in [-0.15, -0.1) is 6.58 Å². The normalized spacial score (nSPS) is 13.1. The molecule has 0 aliphatic rings. The van der Waals surface area contributed by atoms with Gasteiger partial charge < -0.3 is 0 Å². The molecule has 0 aliphatic heterocycles. The van der Waals surface area contributed by atoms with Crippen LogP contribution in [0.4, 0.5) is 0 Å². The van der Waals surface area contributed by atoms with Crippen LogP contribution in [0.1, 0.15) is 26.2 Å². The molecule has 0 saturated carbocycles. The molecule has 0 aromatic carbocycles. The molecular formula is C8H15Br. The Morgan fingerprint density at radius 1 is 1.56 bits per heavy atom. The van der Waals surface area contributed by atoms with Crippen molar-refractivity contribution in [3.63, 3.8) is 0 Å². The quantitative estimate of drug-likeness (QED) is 0.355. The second-order valence-corrected chi connectivity index (χ2v) is 3.19. The standard InChI is InChI=1S/C8H15Br/c1-3-8(2)6-4-5-7-9/h3,8H,1,4-7H2,2H3/t8-/m1/s1. The molecular weight excluding hydrogens is 176 g/mol. The molecule has 9 heavy (non-hydrogen) atoms. The van der Waals surface area contributed by atoms with Gasteiger partial charge >= 0.3 is 0 Å². The minimum Gasteiger partial charge on any atom is -0.103 e. The Bertz CT molecular complexity index is 69.0. The van der Waals surface area contributed by atoms with Crippen molar-refractivity contribution in [3.8, 4) is 0 Å². The van der Waals surface area contributed by atoms with Gasteiger partial charge in [0, 0.05) is 5.33 Å². The van der Waals surface area contributed by atoms with Gasteiger partial charge in [-0.25, -0.2) is 0 Å². The molecule has 1 atom stereocenters. The molecule has 0 saturated heterocycles. The summed E-state index contributed by atoms with van der Waals surface area (Å²) < 4.78 is 0. The number of hydrogen-bond acceptors (Lipinski definition) is 0. The Morgan fingerprint density at radius 2 is 2.22 bits per heavy atom. The maximum atomic E-state index is 3.73. The number of allylic oxidation sites excluding steroid dienone is 1. The van der Waals surface area contributed by atoms with Gasteiger partial charge in [-0.2, -0.15) is 0 Å². The van der Waals surface area contributed by atoms with Crippen molar-refractivity contribution >= 4 is 15.9 Å². The lowest BCUT2D eigenvalue weighted by Gasteiger charge is -2.02. The molecule has 1 heteroatoms. The summed E-state index contributed by atoms with van der Waals surface area (Å²) >= 11 is 3.40. The van der Waals surface area contributed by atoms with Crippen LogP contribution in [0.3, 0.4) is 0 Å². The molecule has 0 nitrogen and oxygen atoms in total. The van der Waals surface area contributed by atoms with Gasteiger partial charge in [0.2, 0.25) is 0 Å².